The van der Waals surface area contributed by atoms with Crippen LogP contribution in [-0.4, -0.2) is 35.7 Å². The molecule has 178 valence electrons. The molecular formula is C28H26N2O5. The minimum Gasteiger partial charge on any atom is -0.481 e. The normalized spacial score (nSPS) is 18.4. The average molecular weight is 471 g/mol. The summed E-state index contributed by atoms with van der Waals surface area (Å²) in [4.78, 5) is 36.1. The maximum Gasteiger partial charge on any atom is 0.411 e. The highest BCUT2D eigenvalue weighted by atomic mass is 16.5. The lowest BCUT2D eigenvalue weighted by Crippen LogP contribution is -2.33. The molecule has 0 bridgehead atoms. The van der Waals surface area contributed by atoms with Crippen LogP contribution in [-0.2, 0) is 9.53 Å². The number of hydrogen-bond donors (Lipinski definition) is 3. The SMILES string of the molecule is O=C(Nc1ccc(C(=O)NC2CCC(C(=O)O)C2)cc1)OCC1c2ccccc2-c2ccccc21. The number of carboxylic acids is 1. The van der Waals surface area contributed by atoms with Crippen molar-refractivity contribution in [3.63, 3.8) is 0 Å². The Balaban J connectivity index is 1.16. The van der Waals surface area contributed by atoms with E-state index in [1.54, 1.807) is 24.3 Å². The lowest BCUT2D eigenvalue weighted by Gasteiger charge is -2.15. The largest absolute Gasteiger partial charge is 0.481 e. The van der Waals surface area contributed by atoms with Crippen molar-refractivity contribution in [2.75, 3.05) is 11.9 Å². The van der Waals surface area contributed by atoms with Crippen molar-refractivity contribution in [2.24, 2.45) is 5.92 Å². The van der Waals surface area contributed by atoms with Crippen LogP contribution in [0.5, 0.6) is 0 Å². The Morgan fingerprint density at radius 3 is 2.09 bits per heavy atom. The van der Waals surface area contributed by atoms with E-state index in [1.807, 2.05) is 24.3 Å². The van der Waals surface area contributed by atoms with Crippen LogP contribution in [0, 0.1) is 5.92 Å². The number of carboxylic acid groups (broad SMARTS) is 1. The summed E-state index contributed by atoms with van der Waals surface area (Å²) in [5, 5.41) is 14.7. The summed E-state index contributed by atoms with van der Waals surface area (Å²) >= 11 is 0. The first-order valence-corrected chi connectivity index (χ1v) is 11.8. The minimum atomic E-state index is -0.814. The molecule has 1 fully saturated rings. The van der Waals surface area contributed by atoms with E-state index in [9.17, 15) is 14.4 Å². The number of nitrogens with one attached hydrogen (secondary N) is 2. The van der Waals surface area contributed by atoms with Crippen LogP contribution in [0.4, 0.5) is 10.5 Å². The maximum atomic E-state index is 12.5. The first-order valence-electron chi connectivity index (χ1n) is 11.8. The monoisotopic (exact) mass is 470 g/mol. The molecule has 2 aliphatic carbocycles. The Kier molecular flexibility index (Phi) is 6.23. The number of carbonyl (C=O) groups excluding carboxylic acids is 2. The van der Waals surface area contributed by atoms with Crippen LogP contribution in [0.2, 0.25) is 0 Å². The molecule has 2 amide bonds. The van der Waals surface area contributed by atoms with E-state index in [0.29, 0.717) is 30.5 Å². The fourth-order valence-corrected chi connectivity index (χ4v) is 5.06. The van der Waals surface area contributed by atoms with Gasteiger partial charge in [-0.25, -0.2) is 4.79 Å². The van der Waals surface area contributed by atoms with Gasteiger partial charge in [-0.1, -0.05) is 48.5 Å². The molecule has 2 aliphatic rings. The summed E-state index contributed by atoms with van der Waals surface area (Å²) in [6, 6.07) is 22.7. The van der Waals surface area contributed by atoms with Gasteiger partial charge in [0.2, 0.25) is 0 Å². The molecule has 0 saturated heterocycles. The molecule has 0 heterocycles. The molecule has 2 unspecified atom stereocenters. The number of amides is 2. The van der Waals surface area contributed by atoms with Crippen molar-refractivity contribution in [1.82, 2.24) is 5.32 Å². The average Bonchev–Trinajstić information content (AvgIpc) is 3.46. The molecule has 2 atom stereocenters. The number of anilines is 1. The molecule has 7 heteroatoms. The standard InChI is InChI=1S/C28H26N2O5/c31-26(29-20-14-11-18(15-20)27(32)33)17-9-12-19(13-10-17)30-28(34)35-16-25-23-7-3-1-5-21(23)22-6-2-4-8-24(22)25/h1-10,12-13,18,20,25H,11,14-16H2,(H,29,31)(H,30,34)(H,32,33). The predicted octanol–water partition coefficient (Wildman–Crippen LogP) is 5.03. The number of rotatable bonds is 6. The molecular weight excluding hydrogens is 444 g/mol. The third-order valence-electron chi connectivity index (χ3n) is 6.85. The third kappa shape index (κ3) is 4.75. The van der Waals surface area contributed by atoms with E-state index >= 15 is 0 Å². The van der Waals surface area contributed by atoms with Crippen molar-refractivity contribution < 1.29 is 24.2 Å². The lowest BCUT2D eigenvalue weighted by molar-refractivity contribution is -0.141. The van der Waals surface area contributed by atoms with Gasteiger partial charge in [0.05, 0.1) is 5.92 Å². The van der Waals surface area contributed by atoms with Gasteiger partial charge in [-0.3, -0.25) is 14.9 Å². The maximum absolute atomic E-state index is 12.5. The van der Waals surface area contributed by atoms with Crippen LogP contribution >= 0.6 is 0 Å². The van der Waals surface area contributed by atoms with Gasteiger partial charge in [-0.05, 0) is 65.8 Å². The van der Waals surface area contributed by atoms with E-state index in [-0.39, 0.29) is 24.5 Å². The van der Waals surface area contributed by atoms with Crippen molar-refractivity contribution >= 4 is 23.7 Å². The molecule has 1 saturated carbocycles. The number of ether oxygens (including phenoxy) is 1. The van der Waals surface area contributed by atoms with Crippen LogP contribution in [0.3, 0.4) is 0 Å². The first-order chi connectivity index (χ1) is 17.0. The summed E-state index contributed by atoms with van der Waals surface area (Å²) < 4.78 is 5.56. The van der Waals surface area contributed by atoms with Gasteiger partial charge in [0, 0.05) is 23.2 Å². The topological polar surface area (TPSA) is 105 Å². The van der Waals surface area contributed by atoms with Crippen molar-refractivity contribution in [3.05, 3.63) is 89.5 Å². The second kappa shape index (κ2) is 9.62. The summed E-state index contributed by atoms with van der Waals surface area (Å²) in [7, 11) is 0. The van der Waals surface area contributed by atoms with E-state index in [4.69, 9.17) is 9.84 Å². The molecule has 35 heavy (non-hydrogen) atoms. The number of hydrogen-bond acceptors (Lipinski definition) is 4. The summed E-state index contributed by atoms with van der Waals surface area (Å²) in [6.07, 6.45) is 1.12. The summed E-state index contributed by atoms with van der Waals surface area (Å²) in [5.74, 6) is -1.49. The van der Waals surface area contributed by atoms with Crippen LogP contribution in [0.15, 0.2) is 72.8 Å². The Labute approximate surface area is 203 Å². The van der Waals surface area contributed by atoms with Gasteiger partial charge in [0.15, 0.2) is 0 Å². The zero-order valence-electron chi connectivity index (χ0n) is 19.1. The van der Waals surface area contributed by atoms with Gasteiger partial charge >= 0.3 is 12.1 Å². The Morgan fingerprint density at radius 1 is 0.857 bits per heavy atom. The minimum absolute atomic E-state index is 0.0180. The molecule has 0 spiro atoms. The number of aliphatic carboxylic acids is 1. The predicted molar refractivity (Wildman–Crippen MR) is 131 cm³/mol. The van der Waals surface area contributed by atoms with Crippen LogP contribution < -0.4 is 10.6 Å². The Morgan fingerprint density at radius 2 is 1.49 bits per heavy atom. The molecule has 0 aliphatic heterocycles. The van der Waals surface area contributed by atoms with Crippen molar-refractivity contribution in [2.45, 2.75) is 31.2 Å². The first kappa shape index (κ1) is 22.7. The van der Waals surface area contributed by atoms with Gasteiger partial charge in [0.25, 0.3) is 5.91 Å². The number of carbonyl (C=O) groups is 3. The fourth-order valence-electron chi connectivity index (χ4n) is 5.06. The third-order valence-corrected chi connectivity index (χ3v) is 6.85. The molecule has 0 aromatic heterocycles. The van der Waals surface area contributed by atoms with E-state index in [2.05, 4.69) is 34.9 Å². The van der Waals surface area contributed by atoms with Crippen LogP contribution in [0.1, 0.15) is 46.7 Å². The Bertz CT molecular complexity index is 1220. The number of fused-ring (bicyclic) bond motifs is 3. The Hall–Kier alpha value is -4.13. The molecule has 3 N–H and O–H groups in total. The second-order valence-electron chi connectivity index (χ2n) is 9.05. The highest BCUT2D eigenvalue weighted by Crippen LogP contribution is 2.44. The van der Waals surface area contributed by atoms with E-state index in [0.717, 1.165) is 11.1 Å². The fraction of sp³-hybridized carbons (Fsp3) is 0.250. The molecule has 5 rings (SSSR count). The van der Waals surface area contributed by atoms with Gasteiger partial charge in [0.1, 0.15) is 6.61 Å². The van der Waals surface area contributed by atoms with Crippen molar-refractivity contribution in [3.8, 4) is 11.1 Å². The molecule has 7 nitrogen and oxygen atoms in total. The summed E-state index contributed by atoms with van der Waals surface area (Å²) in [5.41, 5.74) is 5.60. The molecule has 3 aromatic carbocycles. The van der Waals surface area contributed by atoms with E-state index < -0.39 is 18.0 Å². The van der Waals surface area contributed by atoms with E-state index in [1.165, 1.54) is 11.1 Å². The zero-order valence-corrected chi connectivity index (χ0v) is 19.1. The van der Waals surface area contributed by atoms with Gasteiger partial charge in [-0.15, -0.1) is 0 Å². The molecule has 3 aromatic rings. The quantitative estimate of drug-likeness (QED) is 0.469. The van der Waals surface area contributed by atoms with Gasteiger partial charge in [-0.2, -0.15) is 0 Å². The van der Waals surface area contributed by atoms with Gasteiger partial charge < -0.3 is 15.2 Å². The second-order valence-corrected chi connectivity index (χ2v) is 9.05. The smallest absolute Gasteiger partial charge is 0.411 e. The highest BCUT2D eigenvalue weighted by Gasteiger charge is 2.31. The zero-order chi connectivity index (χ0) is 24.4. The number of benzene rings is 3. The lowest BCUT2D eigenvalue weighted by atomic mass is 9.98. The van der Waals surface area contributed by atoms with Crippen molar-refractivity contribution in [1.29, 1.82) is 0 Å². The summed E-state index contributed by atoms with van der Waals surface area (Å²) in [6.45, 7) is 0.221. The van der Waals surface area contributed by atoms with Crippen LogP contribution in [0.25, 0.3) is 11.1 Å². The molecule has 0 radical (unpaired) electrons. The highest BCUT2D eigenvalue weighted by molar-refractivity contribution is 5.95.